The third-order valence-electron chi connectivity index (χ3n) is 2.17. The molecule has 90 valence electrons. The Morgan fingerprint density at radius 3 is 2.53 bits per heavy atom. The Balaban J connectivity index is 2.56. The second-order valence-electron chi connectivity index (χ2n) is 3.82. The molecule has 0 saturated carbocycles. The molecule has 2 rings (SSSR count). The van der Waals surface area contributed by atoms with Crippen LogP contribution in [0, 0.1) is 0 Å². The van der Waals surface area contributed by atoms with Gasteiger partial charge in [-0.15, -0.1) is 11.3 Å². The molecule has 0 aromatic carbocycles. The van der Waals surface area contributed by atoms with E-state index in [-0.39, 0.29) is 5.92 Å². The Morgan fingerprint density at radius 1 is 1.29 bits per heavy atom. The van der Waals surface area contributed by atoms with Crippen molar-refractivity contribution in [2.75, 3.05) is 0 Å². The number of rotatable bonds is 2. The summed E-state index contributed by atoms with van der Waals surface area (Å²) >= 11 is 16.9. The third kappa shape index (κ3) is 2.81. The van der Waals surface area contributed by atoms with Crippen molar-refractivity contribution in [3.8, 4) is 10.7 Å². The van der Waals surface area contributed by atoms with Crippen LogP contribution in [0.1, 0.15) is 25.5 Å². The lowest BCUT2D eigenvalue weighted by atomic mass is 10.1. The van der Waals surface area contributed by atoms with Gasteiger partial charge in [-0.05, 0) is 27.9 Å². The normalized spacial score (nSPS) is 11.2. The predicted octanol–water partition coefficient (Wildman–Crippen LogP) is 5.40. The zero-order valence-corrected chi connectivity index (χ0v) is 13.1. The van der Waals surface area contributed by atoms with Gasteiger partial charge in [0.25, 0.3) is 0 Å². The Hall–Kier alpha value is -0.160. The average Bonchev–Trinajstić information content (AvgIpc) is 2.68. The highest BCUT2D eigenvalue weighted by atomic mass is 79.9. The van der Waals surface area contributed by atoms with E-state index >= 15 is 0 Å². The molecule has 17 heavy (non-hydrogen) atoms. The van der Waals surface area contributed by atoms with Crippen LogP contribution in [0.5, 0.6) is 0 Å². The average molecular weight is 352 g/mol. The lowest BCUT2D eigenvalue weighted by Crippen LogP contribution is -1.99. The molecular formula is C11H9BrCl2N2S. The molecule has 0 aliphatic carbocycles. The maximum absolute atomic E-state index is 6.09. The van der Waals surface area contributed by atoms with Crippen molar-refractivity contribution in [1.29, 1.82) is 0 Å². The van der Waals surface area contributed by atoms with Crippen molar-refractivity contribution in [2.45, 2.75) is 19.8 Å². The van der Waals surface area contributed by atoms with Crippen molar-refractivity contribution in [1.82, 2.24) is 9.97 Å². The number of halogens is 3. The van der Waals surface area contributed by atoms with Gasteiger partial charge in [0.1, 0.15) is 5.15 Å². The number of aromatic nitrogens is 2. The molecule has 0 radical (unpaired) electrons. The predicted molar refractivity (Wildman–Crippen MR) is 77.2 cm³/mol. The Bertz CT molecular complexity index is 554. The maximum Gasteiger partial charge on any atom is 0.171 e. The zero-order chi connectivity index (χ0) is 12.6. The van der Waals surface area contributed by atoms with Gasteiger partial charge in [0, 0.05) is 5.38 Å². The van der Waals surface area contributed by atoms with Gasteiger partial charge in [-0.3, -0.25) is 0 Å². The minimum absolute atomic E-state index is 0.277. The van der Waals surface area contributed by atoms with Crippen molar-refractivity contribution < 1.29 is 0 Å². The minimum Gasteiger partial charge on any atom is -0.231 e. The summed E-state index contributed by atoms with van der Waals surface area (Å²) in [5, 5.41) is 2.98. The number of hydrogen-bond donors (Lipinski definition) is 0. The molecular weight excluding hydrogens is 343 g/mol. The van der Waals surface area contributed by atoms with Crippen molar-refractivity contribution >= 4 is 50.5 Å². The molecule has 6 heteroatoms. The first-order valence-corrected chi connectivity index (χ1v) is 7.39. The van der Waals surface area contributed by atoms with E-state index in [0.29, 0.717) is 16.0 Å². The molecule has 2 nitrogen and oxygen atoms in total. The highest BCUT2D eigenvalue weighted by molar-refractivity contribution is 9.10. The molecule has 0 unspecified atom stereocenters. The van der Waals surface area contributed by atoms with Gasteiger partial charge in [0.2, 0.25) is 0 Å². The highest BCUT2D eigenvalue weighted by Gasteiger charge is 2.15. The zero-order valence-electron chi connectivity index (χ0n) is 9.17. The monoisotopic (exact) mass is 350 g/mol. The molecule has 0 aliphatic heterocycles. The van der Waals surface area contributed by atoms with Gasteiger partial charge < -0.3 is 0 Å². The SMILES string of the molecule is CC(C)c1nc(-c2cc(Cl)cs2)nc(Cl)c1Br. The van der Waals surface area contributed by atoms with Gasteiger partial charge in [-0.1, -0.05) is 37.0 Å². The van der Waals surface area contributed by atoms with Crippen LogP contribution >= 0.6 is 50.5 Å². The third-order valence-corrected chi connectivity index (χ3v) is 4.73. The molecule has 0 spiro atoms. The molecule has 0 bridgehead atoms. The lowest BCUT2D eigenvalue weighted by Gasteiger charge is -2.09. The summed E-state index contributed by atoms with van der Waals surface area (Å²) in [5.41, 5.74) is 0.907. The number of thiophene rings is 1. The van der Waals surface area contributed by atoms with Gasteiger partial charge in [0.15, 0.2) is 5.82 Å². The van der Waals surface area contributed by atoms with E-state index in [9.17, 15) is 0 Å². The quantitative estimate of drug-likeness (QED) is 0.677. The molecule has 2 heterocycles. The van der Waals surface area contributed by atoms with E-state index in [0.717, 1.165) is 15.0 Å². The summed E-state index contributed by atoms with van der Waals surface area (Å²) in [6.45, 7) is 4.13. The Morgan fingerprint density at radius 2 is 2.00 bits per heavy atom. The minimum atomic E-state index is 0.277. The van der Waals surface area contributed by atoms with Crippen LogP contribution in [-0.2, 0) is 0 Å². The fourth-order valence-corrected chi connectivity index (χ4v) is 3.18. The topological polar surface area (TPSA) is 25.8 Å². The first-order chi connectivity index (χ1) is 7.99. The fourth-order valence-electron chi connectivity index (χ4n) is 1.36. The molecule has 0 aliphatic rings. The van der Waals surface area contributed by atoms with Crippen molar-refractivity contribution in [3.05, 3.63) is 31.8 Å². The van der Waals surface area contributed by atoms with Gasteiger partial charge >= 0.3 is 0 Å². The van der Waals surface area contributed by atoms with Crippen LogP contribution in [0.15, 0.2) is 15.9 Å². The van der Waals surface area contributed by atoms with E-state index < -0.39 is 0 Å². The van der Waals surface area contributed by atoms with E-state index in [4.69, 9.17) is 23.2 Å². The maximum atomic E-state index is 6.09. The number of nitrogens with zero attached hydrogens (tertiary/aromatic N) is 2. The fraction of sp³-hybridized carbons (Fsp3) is 0.273. The Kier molecular flexibility index (Phi) is 4.08. The van der Waals surface area contributed by atoms with Crippen LogP contribution in [0.25, 0.3) is 10.7 Å². The number of hydrogen-bond acceptors (Lipinski definition) is 3. The molecule has 0 saturated heterocycles. The molecule has 0 fully saturated rings. The van der Waals surface area contributed by atoms with Gasteiger partial charge in [-0.2, -0.15) is 0 Å². The molecule has 0 atom stereocenters. The van der Waals surface area contributed by atoms with Crippen molar-refractivity contribution in [2.24, 2.45) is 0 Å². The first kappa shape index (κ1) is 13.3. The van der Waals surface area contributed by atoms with Crippen LogP contribution in [0.2, 0.25) is 10.2 Å². The van der Waals surface area contributed by atoms with E-state index in [1.165, 1.54) is 11.3 Å². The Labute approximate surface area is 122 Å². The van der Waals surface area contributed by atoms with Crippen LogP contribution in [0.4, 0.5) is 0 Å². The summed E-state index contributed by atoms with van der Waals surface area (Å²) in [6, 6.07) is 1.84. The standard InChI is InChI=1S/C11H9BrCl2N2S/c1-5(2)9-8(12)10(14)16-11(15-9)7-3-6(13)4-17-7/h3-5H,1-2H3. The summed E-state index contributed by atoms with van der Waals surface area (Å²) in [6.07, 6.45) is 0. The summed E-state index contributed by atoms with van der Waals surface area (Å²) in [5.74, 6) is 0.901. The second kappa shape index (κ2) is 5.22. The van der Waals surface area contributed by atoms with E-state index in [1.807, 2.05) is 11.4 Å². The summed E-state index contributed by atoms with van der Waals surface area (Å²) < 4.78 is 0.764. The van der Waals surface area contributed by atoms with Crippen LogP contribution < -0.4 is 0 Å². The largest absolute Gasteiger partial charge is 0.231 e. The molecule has 2 aromatic rings. The van der Waals surface area contributed by atoms with E-state index in [1.54, 1.807) is 0 Å². The smallest absolute Gasteiger partial charge is 0.171 e. The first-order valence-electron chi connectivity index (χ1n) is 4.96. The highest BCUT2D eigenvalue weighted by Crippen LogP contribution is 2.33. The summed E-state index contributed by atoms with van der Waals surface area (Å²) in [7, 11) is 0. The summed E-state index contributed by atoms with van der Waals surface area (Å²) in [4.78, 5) is 9.71. The van der Waals surface area contributed by atoms with Crippen molar-refractivity contribution in [3.63, 3.8) is 0 Å². The van der Waals surface area contributed by atoms with Gasteiger partial charge in [0.05, 0.1) is 20.1 Å². The molecule has 0 amide bonds. The van der Waals surface area contributed by atoms with Crippen LogP contribution in [0.3, 0.4) is 0 Å². The van der Waals surface area contributed by atoms with Crippen LogP contribution in [-0.4, -0.2) is 9.97 Å². The molecule has 2 aromatic heterocycles. The molecule has 0 N–H and O–H groups in total. The van der Waals surface area contributed by atoms with E-state index in [2.05, 4.69) is 39.7 Å². The van der Waals surface area contributed by atoms with Gasteiger partial charge in [-0.25, -0.2) is 9.97 Å². The second-order valence-corrected chi connectivity index (χ2v) is 6.32. The lowest BCUT2D eigenvalue weighted by molar-refractivity contribution is 0.810.